The van der Waals surface area contributed by atoms with Gasteiger partial charge < -0.3 is 10.1 Å². The normalized spacial score (nSPS) is 20.0. The average molecular weight is 451 g/mol. The summed E-state index contributed by atoms with van der Waals surface area (Å²) in [6.07, 6.45) is 1.01. The number of para-hydroxylation sites is 1. The number of rotatable bonds is 6. The summed E-state index contributed by atoms with van der Waals surface area (Å²) in [6.45, 7) is 7.32. The first-order valence-electron chi connectivity index (χ1n) is 10.0. The van der Waals surface area contributed by atoms with Gasteiger partial charge >= 0.3 is 0 Å². The summed E-state index contributed by atoms with van der Waals surface area (Å²) < 4.78 is 33.4. The third-order valence-electron chi connectivity index (χ3n) is 5.07. The molecule has 3 rings (SSSR count). The summed E-state index contributed by atoms with van der Waals surface area (Å²) in [4.78, 5) is 12.9. The first kappa shape index (κ1) is 22.6. The molecule has 0 saturated carbocycles. The van der Waals surface area contributed by atoms with Crippen LogP contribution in [-0.4, -0.2) is 38.3 Å². The number of nitrogens with zero attached hydrogens (tertiary/aromatic N) is 1. The van der Waals surface area contributed by atoms with E-state index in [0.717, 1.165) is 6.42 Å². The zero-order valence-electron chi connectivity index (χ0n) is 17.4. The SMILES string of the molecule is CCOc1c(Cl)cccc1NC(=O)c1cccc(S(=O)(=O)N2CC(C)CC(C)C2)c1. The molecule has 0 aromatic heterocycles. The van der Waals surface area contributed by atoms with Crippen LogP contribution >= 0.6 is 11.6 Å². The third-order valence-corrected chi connectivity index (χ3v) is 7.20. The molecule has 8 heteroatoms. The van der Waals surface area contributed by atoms with Crippen LogP contribution in [0.5, 0.6) is 5.75 Å². The largest absolute Gasteiger partial charge is 0.490 e. The highest BCUT2D eigenvalue weighted by Crippen LogP contribution is 2.33. The highest BCUT2D eigenvalue weighted by Gasteiger charge is 2.32. The van der Waals surface area contributed by atoms with Crippen molar-refractivity contribution in [2.24, 2.45) is 11.8 Å². The molecule has 1 amide bonds. The van der Waals surface area contributed by atoms with Crippen LogP contribution in [0.2, 0.25) is 5.02 Å². The van der Waals surface area contributed by atoms with E-state index in [0.29, 0.717) is 48.0 Å². The summed E-state index contributed by atoms with van der Waals surface area (Å²) in [6, 6.07) is 11.2. The van der Waals surface area contributed by atoms with E-state index in [-0.39, 0.29) is 10.5 Å². The Bertz CT molecular complexity index is 1020. The van der Waals surface area contributed by atoms with Gasteiger partial charge in [-0.05, 0) is 55.5 Å². The fourth-order valence-corrected chi connectivity index (χ4v) is 5.80. The first-order chi connectivity index (χ1) is 14.2. The van der Waals surface area contributed by atoms with Gasteiger partial charge in [-0.3, -0.25) is 4.79 Å². The number of ether oxygens (including phenoxy) is 1. The smallest absolute Gasteiger partial charge is 0.255 e. The molecule has 1 saturated heterocycles. The Morgan fingerprint density at radius 1 is 1.17 bits per heavy atom. The Kier molecular flexibility index (Phi) is 7.06. The van der Waals surface area contributed by atoms with Gasteiger partial charge in [0.05, 0.1) is 22.2 Å². The van der Waals surface area contributed by atoms with Crippen molar-refractivity contribution in [3.05, 3.63) is 53.1 Å². The van der Waals surface area contributed by atoms with Gasteiger partial charge in [0.25, 0.3) is 5.91 Å². The van der Waals surface area contributed by atoms with Gasteiger partial charge in [0.1, 0.15) is 0 Å². The number of halogens is 1. The minimum Gasteiger partial charge on any atom is -0.490 e. The van der Waals surface area contributed by atoms with Gasteiger partial charge in [0.2, 0.25) is 10.0 Å². The van der Waals surface area contributed by atoms with Crippen molar-refractivity contribution in [2.75, 3.05) is 25.0 Å². The molecule has 0 bridgehead atoms. The zero-order chi connectivity index (χ0) is 21.9. The summed E-state index contributed by atoms with van der Waals surface area (Å²) >= 11 is 6.17. The number of carbonyl (C=O) groups excluding carboxylic acids is 1. The van der Waals surface area contributed by atoms with Crippen LogP contribution in [0.3, 0.4) is 0 Å². The summed E-state index contributed by atoms with van der Waals surface area (Å²) in [5, 5.41) is 3.16. The van der Waals surface area contributed by atoms with Crippen molar-refractivity contribution < 1.29 is 17.9 Å². The Balaban J connectivity index is 1.85. The molecule has 30 heavy (non-hydrogen) atoms. The molecule has 2 atom stereocenters. The van der Waals surface area contributed by atoms with E-state index in [1.165, 1.54) is 16.4 Å². The number of hydrogen-bond donors (Lipinski definition) is 1. The number of anilines is 1. The topological polar surface area (TPSA) is 75.7 Å². The molecular formula is C22H27ClN2O4S. The molecule has 0 spiro atoms. The van der Waals surface area contributed by atoms with Crippen LogP contribution in [0, 0.1) is 11.8 Å². The van der Waals surface area contributed by atoms with E-state index in [9.17, 15) is 13.2 Å². The molecule has 1 aliphatic heterocycles. The Labute approximate surface area is 183 Å². The molecule has 0 radical (unpaired) electrons. The van der Waals surface area contributed by atoms with Crippen molar-refractivity contribution in [3.8, 4) is 5.75 Å². The van der Waals surface area contributed by atoms with Crippen molar-refractivity contribution in [1.29, 1.82) is 0 Å². The molecule has 2 unspecified atom stereocenters. The van der Waals surface area contributed by atoms with Crippen molar-refractivity contribution >= 4 is 33.2 Å². The Morgan fingerprint density at radius 3 is 2.50 bits per heavy atom. The zero-order valence-corrected chi connectivity index (χ0v) is 19.0. The van der Waals surface area contributed by atoms with Crippen molar-refractivity contribution in [2.45, 2.75) is 32.1 Å². The van der Waals surface area contributed by atoms with E-state index in [1.807, 2.05) is 6.92 Å². The summed E-state index contributed by atoms with van der Waals surface area (Å²) in [5.74, 6) is 0.551. The van der Waals surface area contributed by atoms with E-state index >= 15 is 0 Å². The number of carbonyl (C=O) groups is 1. The lowest BCUT2D eigenvalue weighted by atomic mass is 9.94. The molecule has 1 fully saturated rings. The Morgan fingerprint density at radius 2 is 1.83 bits per heavy atom. The highest BCUT2D eigenvalue weighted by atomic mass is 35.5. The van der Waals surface area contributed by atoms with Gasteiger partial charge in [-0.25, -0.2) is 8.42 Å². The number of sulfonamides is 1. The van der Waals surface area contributed by atoms with Crippen LogP contribution in [0.25, 0.3) is 0 Å². The fourth-order valence-electron chi connectivity index (χ4n) is 3.84. The van der Waals surface area contributed by atoms with Gasteiger partial charge in [-0.15, -0.1) is 0 Å². The fraction of sp³-hybridized carbons (Fsp3) is 0.409. The van der Waals surface area contributed by atoms with Crippen LogP contribution < -0.4 is 10.1 Å². The van der Waals surface area contributed by atoms with Gasteiger partial charge in [-0.2, -0.15) is 4.31 Å². The third kappa shape index (κ3) is 4.96. The lowest BCUT2D eigenvalue weighted by Crippen LogP contribution is -2.42. The van der Waals surface area contributed by atoms with Crippen LogP contribution in [0.15, 0.2) is 47.4 Å². The second-order valence-corrected chi connectivity index (χ2v) is 10.1. The lowest BCUT2D eigenvalue weighted by molar-refractivity contribution is 0.102. The maximum atomic E-state index is 13.2. The molecule has 0 aliphatic carbocycles. The standard InChI is InChI=1S/C22H27ClN2O4S/c1-4-29-21-19(23)9-6-10-20(21)24-22(26)17-7-5-8-18(12-17)30(27,28)25-13-15(2)11-16(3)14-25/h5-10,12,15-16H,4,11,13-14H2,1-3H3,(H,24,26). The number of nitrogens with one attached hydrogen (secondary N) is 1. The predicted octanol–water partition coefficient (Wildman–Crippen LogP) is 4.66. The van der Waals surface area contributed by atoms with E-state index in [1.54, 1.807) is 30.3 Å². The average Bonchev–Trinajstić information content (AvgIpc) is 2.70. The molecular weight excluding hydrogens is 424 g/mol. The van der Waals surface area contributed by atoms with Crippen LogP contribution in [-0.2, 0) is 10.0 Å². The quantitative estimate of drug-likeness (QED) is 0.694. The van der Waals surface area contributed by atoms with Crippen molar-refractivity contribution in [1.82, 2.24) is 4.31 Å². The first-order valence-corrected chi connectivity index (χ1v) is 11.9. The maximum Gasteiger partial charge on any atom is 0.255 e. The second kappa shape index (κ2) is 9.37. The van der Waals surface area contributed by atoms with E-state index < -0.39 is 15.9 Å². The number of hydrogen-bond acceptors (Lipinski definition) is 4. The van der Waals surface area contributed by atoms with Gasteiger partial charge in [0, 0.05) is 18.7 Å². The van der Waals surface area contributed by atoms with Gasteiger partial charge in [0.15, 0.2) is 5.75 Å². The predicted molar refractivity (Wildman–Crippen MR) is 119 cm³/mol. The molecule has 1 N–H and O–H groups in total. The number of benzene rings is 2. The highest BCUT2D eigenvalue weighted by molar-refractivity contribution is 7.89. The number of amides is 1. The molecule has 6 nitrogen and oxygen atoms in total. The minimum atomic E-state index is -3.67. The summed E-state index contributed by atoms with van der Waals surface area (Å²) in [7, 11) is -3.67. The lowest BCUT2D eigenvalue weighted by Gasteiger charge is -2.34. The molecule has 162 valence electrons. The monoisotopic (exact) mass is 450 g/mol. The van der Waals surface area contributed by atoms with E-state index in [2.05, 4.69) is 19.2 Å². The summed E-state index contributed by atoms with van der Waals surface area (Å²) in [5.41, 5.74) is 0.679. The minimum absolute atomic E-state index is 0.118. The molecule has 1 heterocycles. The van der Waals surface area contributed by atoms with Crippen LogP contribution in [0.1, 0.15) is 37.6 Å². The molecule has 2 aromatic rings. The second-order valence-electron chi connectivity index (χ2n) is 7.80. The van der Waals surface area contributed by atoms with E-state index in [4.69, 9.17) is 16.3 Å². The van der Waals surface area contributed by atoms with Crippen LogP contribution in [0.4, 0.5) is 5.69 Å². The van der Waals surface area contributed by atoms with Crippen molar-refractivity contribution in [3.63, 3.8) is 0 Å². The van der Waals surface area contributed by atoms with Gasteiger partial charge in [-0.1, -0.05) is 37.6 Å². The number of piperidine rings is 1. The maximum absolute atomic E-state index is 13.2. The molecule has 2 aromatic carbocycles. The Hall–Kier alpha value is -2.09. The molecule has 1 aliphatic rings.